The van der Waals surface area contributed by atoms with Gasteiger partial charge in [0.1, 0.15) is 11.9 Å². The molecule has 5 rings (SSSR count). The highest BCUT2D eigenvalue weighted by atomic mass is 16.5. The highest BCUT2D eigenvalue weighted by Crippen LogP contribution is 2.44. The third-order valence-electron chi connectivity index (χ3n) is 6.99. The van der Waals surface area contributed by atoms with Crippen LogP contribution < -0.4 is 0 Å². The summed E-state index contributed by atoms with van der Waals surface area (Å²) in [5.74, 6) is 0.201. The standard InChI is InChI=1S/C24H28N2O3/c1-2-17-9-10-18(16-20(17)27)23(28)25-14-11-24(12-15-25)22-8-5-13-26(22)19-6-3-4-7-21(19)29-24/h3-7,9-10,13,16,19,21-22,27H,2,8,11-12,14-15H2,1H3. The zero-order valence-corrected chi connectivity index (χ0v) is 16.8. The van der Waals surface area contributed by atoms with Crippen LogP contribution in [0.1, 0.15) is 42.1 Å². The number of phenols is 1. The molecule has 3 aliphatic heterocycles. The fourth-order valence-corrected chi connectivity index (χ4v) is 5.35. The maximum absolute atomic E-state index is 13.0. The second kappa shape index (κ2) is 7.06. The van der Waals surface area contributed by atoms with Gasteiger partial charge in [-0.2, -0.15) is 0 Å². The molecule has 2 saturated heterocycles. The van der Waals surface area contributed by atoms with E-state index in [0.29, 0.717) is 24.7 Å². The first-order chi connectivity index (χ1) is 14.1. The number of ether oxygens (including phenoxy) is 1. The first-order valence-corrected chi connectivity index (χ1v) is 10.7. The Morgan fingerprint density at radius 1 is 1.24 bits per heavy atom. The molecular formula is C24H28N2O3. The summed E-state index contributed by atoms with van der Waals surface area (Å²) in [5.41, 5.74) is 1.21. The molecule has 4 aliphatic rings. The van der Waals surface area contributed by atoms with Crippen molar-refractivity contribution >= 4 is 5.91 Å². The fourth-order valence-electron chi connectivity index (χ4n) is 5.35. The number of allylic oxidation sites excluding steroid dienone is 2. The number of amides is 1. The highest BCUT2D eigenvalue weighted by Gasteiger charge is 2.53. The van der Waals surface area contributed by atoms with Crippen molar-refractivity contribution in [2.24, 2.45) is 0 Å². The number of hydrogen-bond donors (Lipinski definition) is 1. The Kier molecular flexibility index (Phi) is 4.50. The van der Waals surface area contributed by atoms with Crippen molar-refractivity contribution in [3.05, 3.63) is 65.9 Å². The van der Waals surface area contributed by atoms with E-state index < -0.39 is 0 Å². The molecule has 3 heterocycles. The van der Waals surface area contributed by atoms with E-state index in [1.165, 1.54) is 0 Å². The summed E-state index contributed by atoms with van der Waals surface area (Å²) in [6.45, 7) is 3.35. The topological polar surface area (TPSA) is 53.0 Å². The van der Waals surface area contributed by atoms with Crippen LogP contribution in [0.5, 0.6) is 5.75 Å². The van der Waals surface area contributed by atoms with Crippen LogP contribution in [-0.2, 0) is 11.2 Å². The lowest BCUT2D eigenvalue weighted by atomic mass is 9.79. The van der Waals surface area contributed by atoms with Gasteiger partial charge >= 0.3 is 0 Å². The van der Waals surface area contributed by atoms with Gasteiger partial charge in [-0.15, -0.1) is 0 Å². The highest BCUT2D eigenvalue weighted by molar-refractivity contribution is 5.94. The molecule has 0 bridgehead atoms. The van der Waals surface area contributed by atoms with Crippen molar-refractivity contribution in [3.63, 3.8) is 0 Å². The number of aryl methyl sites for hydroxylation is 1. The maximum Gasteiger partial charge on any atom is 0.253 e. The van der Waals surface area contributed by atoms with E-state index in [2.05, 4.69) is 41.5 Å². The quantitative estimate of drug-likeness (QED) is 0.838. The molecular weight excluding hydrogens is 364 g/mol. The molecule has 1 amide bonds. The van der Waals surface area contributed by atoms with Gasteiger partial charge < -0.3 is 19.6 Å². The molecule has 5 heteroatoms. The van der Waals surface area contributed by atoms with Crippen molar-refractivity contribution in [3.8, 4) is 5.75 Å². The average Bonchev–Trinajstić information content (AvgIpc) is 3.25. The predicted molar refractivity (Wildman–Crippen MR) is 112 cm³/mol. The van der Waals surface area contributed by atoms with Crippen molar-refractivity contribution < 1.29 is 14.6 Å². The van der Waals surface area contributed by atoms with Gasteiger partial charge in [0.2, 0.25) is 0 Å². The smallest absolute Gasteiger partial charge is 0.253 e. The Labute approximate surface area is 171 Å². The molecule has 3 unspecified atom stereocenters. The minimum absolute atomic E-state index is 0.00612. The van der Waals surface area contributed by atoms with Gasteiger partial charge in [-0.05, 0) is 49.6 Å². The number of fused-ring (bicyclic) bond motifs is 4. The van der Waals surface area contributed by atoms with Gasteiger partial charge in [-0.25, -0.2) is 0 Å². The molecule has 3 atom stereocenters. The molecule has 1 aliphatic carbocycles. The van der Waals surface area contributed by atoms with Gasteiger partial charge in [0.25, 0.3) is 5.91 Å². The number of benzene rings is 1. The van der Waals surface area contributed by atoms with E-state index in [1.807, 2.05) is 24.0 Å². The van der Waals surface area contributed by atoms with Crippen molar-refractivity contribution in [1.82, 2.24) is 9.80 Å². The average molecular weight is 392 g/mol. The first kappa shape index (κ1) is 18.5. The van der Waals surface area contributed by atoms with Crippen LogP contribution in [0.15, 0.2) is 54.8 Å². The molecule has 0 radical (unpaired) electrons. The summed E-state index contributed by atoms with van der Waals surface area (Å²) < 4.78 is 6.72. The number of piperidine rings is 1. The van der Waals surface area contributed by atoms with Crippen molar-refractivity contribution in [2.45, 2.75) is 56.4 Å². The lowest BCUT2D eigenvalue weighted by molar-refractivity contribution is -0.190. The summed E-state index contributed by atoms with van der Waals surface area (Å²) in [5, 5.41) is 10.1. The minimum Gasteiger partial charge on any atom is -0.508 e. The van der Waals surface area contributed by atoms with Gasteiger partial charge in [-0.1, -0.05) is 43.4 Å². The van der Waals surface area contributed by atoms with Crippen molar-refractivity contribution in [2.75, 3.05) is 13.1 Å². The summed E-state index contributed by atoms with van der Waals surface area (Å²) in [6, 6.07) is 5.90. The number of phenolic OH excluding ortho intramolecular Hbond substituents is 1. The number of carbonyl (C=O) groups is 1. The van der Waals surface area contributed by atoms with E-state index in [-0.39, 0.29) is 29.4 Å². The third kappa shape index (κ3) is 2.99. The third-order valence-corrected chi connectivity index (χ3v) is 6.99. The largest absolute Gasteiger partial charge is 0.508 e. The molecule has 1 aromatic carbocycles. The van der Waals surface area contributed by atoms with Crippen LogP contribution in [0.25, 0.3) is 0 Å². The van der Waals surface area contributed by atoms with Gasteiger partial charge in [0.05, 0.1) is 17.7 Å². The van der Waals surface area contributed by atoms with Crippen LogP contribution in [0.4, 0.5) is 0 Å². The number of carbonyl (C=O) groups excluding carboxylic acids is 1. The van der Waals surface area contributed by atoms with Crippen LogP contribution in [0.3, 0.4) is 0 Å². The number of hydrogen-bond acceptors (Lipinski definition) is 4. The summed E-state index contributed by atoms with van der Waals surface area (Å²) in [7, 11) is 0. The number of likely N-dealkylation sites (tertiary alicyclic amines) is 1. The molecule has 1 spiro atoms. The number of rotatable bonds is 2. The van der Waals surface area contributed by atoms with E-state index in [0.717, 1.165) is 31.2 Å². The zero-order chi connectivity index (χ0) is 20.0. The van der Waals surface area contributed by atoms with Crippen molar-refractivity contribution in [1.29, 1.82) is 0 Å². The lowest BCUT2D eigenvalue weighted by Crippen LogP contribution is -2.66. The Morgan fingerprint density at radius 3 is 2.79 bits per heavy atom. The van der Waals surface area contributed by atoms with E-state index in [4.69, 9.17) is 4.74 Å². The first-order valence-electron chi connectivity index (χ1n) is 10.7. The Morgan fingerprint density at radius 2 is 2.03 bits per heavy atom. The van der Waals surface area contributed by atoms with Gasteiger partial charge in [0.15, 0.2) is 0 Å². The molecule has 1 aromatic rings. The second-order valence-electron chi connectivity index (χ2n) is 8.48. The Hall–Kier alpha value is -2.53. The normalized spacial score (nSPS) is 29.2. The lowest BCUT2D eigenvalue weighted by Gasteiger charge is -2.56. The summed E-state index contributed by atoms with van der Waals surface area (Å²) >= 11 is 0. The number of nitrogens with zero attached hydrogens (tertiary/aromatic N) is 2. The van der Waals surface area contributed by atoms with Crippen LogP contribution >= 0.6 is 0 Å². The van der Waals surface area contributed by atoms with E-state index in [1.54, 1.807) is 6.07 Å². The monoisotopic (exact) mass is 392 g/mol. The Balaban J connectivity index is 1.32. The molecule has 152 valence electrons. The van der Waals surface area contributed by atoms with Crippen LogP contribution in [-0.4, -0.2) is 57.7 Å². The number of morpholine rings is 1. The molecule has 0 saturated carbocycles. The van der Waals surface area contributed by atoms with Gasteiger partial charge in [-0.3, -0.25) is 4.79 Å². The summed E-state index contributed by atoms with van der Waals surface area (Å²) in [6.07, 6.45) is 16.5. The molecule has 2 fully saturated rings. The zero-order valence-electron chi connectivity index (χ0n) is 16.8. The SMILES string of the molecule is CCc1ccc(C(=O)N2CCC3(CC2)OC2C=CC=CC2N2C=CCC23)cc1O. The van der Waals surface area contributed by atoms with Crippen LogP contribution in [0, 0.1) is 0 Å². The molecule has 29 heavy (non-hydrogen) atoms. The van der Waals surface area contributed by atoms with Crippen LogP contribution in [0.2, 0.25) is 0 Å². The Bertz CT molecular complexity index is 895. The number of aromatic hydroxyl groups is 1. The van der Waals surface area contributed by atoms with Gasteiger partial charge in [0, 0.05) is 18.7 Å². The molecule has 0 aromatic heterocycles. The molecule has 1 N–H and O–H groups in total. The molecule has 5 nitrogen and oxygen atoms in total. The maximum atomic E-state index is 13.0. The van der Waals surface area contributed by atoms with E-state index >= 15 is 0 Å². The minimum atomic E-state index is -0.217. The summed E-state index contributed by atoms with van der Waals surface area (Å²) in [4.78, 5) is 17.4. The predicted octanol–water partition coefficient (Wildman–Crippen LogP) is 3.41. The second-order valence-corrected chi connectivity index (χ2v) is 8.48. The van der Waals surface area contributed by atoms with E-state index in [9.17, 15) is 9.90 Å². The fraction of sp³-hybridized carbons (Fsp3) is 0.458.